The molecular weight excluding hydrogens is 216 g/mol. The van der Waals surface area contributed by atoms with Crippen molar-refractivity contribution in [3.05, 3.63) is 12.7 Å². The third kappa shape index (κ3) is 2.79. The Balaban J connectivity index is 2.66. The Kier molecular flexibility index (Phi) is 5.33. The van der Waals surface area contributed by atoms with E-state index in [4.69, 9.17) is 19.3 Å². The van der Waals surface area contributed by atoms with E-state index in [0.717, 1.165) is 0 Å². The first-order valence-corrected chi connectivity index (χ1v) is 5.03. The van der Waals surface area contributed by atoms with Crippen LogP contribution in [0.2, 0.25) is 0 Å². The van der Waals surface area contributed by atoms with Gasteiger partial charge in [-0.2, -0.15) is 0 Å². The van der Waals surface area contributed by atoms with Crippen molar-refractivity contribution in [1.82, 2.24) is 0 Å². The van der Waals surface area contributed by atoms with Gasteiger partial charge < -0.3 is 29.5 Å². The third-order valence-electron chi connectivity index (χ3n) is 2.47. The highest BCUT2D eigenvalue weighted by molar-refractivity contribution is 4.90. The first kappa shape index (κ1) is 13.6. The standard InChI is InChI=1S/C10H18O6/c1-3-4-15-10-8(13)7(12)9(14-2)6(5-11)16-10/h3,6-13H,1,4-5H2,2H3/t6-,7-,8+,9-,10+/m1/s1. The molecule has 1 fully saturated rings. The number of aliphatic hydroxyl groups is 3. The van der Waals surface area contributed by atoms with Gasteiger partial charge in [0, 0.05) is 7.11 Å². The molecule has 1 aliphatic rings. The molecule has 1 aliphatic heterocycles. The smallest absolute Gasteiger partial charge is 0.187 e. The molecule has 3 N–H and O–H groups in total. The Labute approximate surface area is 94.1 Å². The van der Waals surface area contributed by atoms with E-state index in [1.54, 1.807) is 0 Å². The highest BCUT2D eigenvalue weighted by atomic mass is 16.7. The maximum Gasteiger partial charge on any atom is 0.187 e. The maximum atomic E-state index is 9.74. The van der Waals surface area contributed by atoms with Crippen LogP contribution in [0.1, 0.15) is 0 Å². The second-order valence-corrected chi connectivity index (χ2v) is 3.53. The number of methoxy groups -OCH3 is 1. The molecule has 0 aliphatic carbocycles. The maximum absolute atomic E-state index is 9.74. The Morgan fingerprint density at radius 2 is 2.06 bits per heavy atom. The molecule has 5 atom stereocenters. The molecule has 0 unspecified atom stereocenters. The van der Waals surface area contributed by atoms with Gasteiger partial charge >= 0.3 is 0 Å². The fourth-order valence-electron chi connectivity index (χ4n) is 1.64. The molecule has 1 heterocycles. The van der Waals surface area contributed by atoms with E-state index in [-0.39, 0.29) is 13.2 Å². The van der Waals surface area contributed by atoms with E-state index in [9.17, 15) is 10.2 Å². The molecule has 94 valence electrons. The molecule has 0 bridgehead atoms. The predicted molar refractivity (Wildman–Crippen MR) is 54.7 cm³/mol. The minimum Gasteiger partial charge on any atom is -0.394 e. The van der Waals surface area contributed by atoms with E-state index in [0.29, 0.717) is 0 Å². The number of aliphatic hydroxyl groups excluding tert-OH is 3. The van der Waals surface area contributed by atoms with Gasteiger partial charge in [-0.15, -0.1) is 6.58 Å². The number of ether oxygens (including phenoxy) is 3. The summed E-state index contributed by atoms with van der Waals surface area (Å²) in [5.41, 5.74) is 0. The van der Waals surface area contributed by atoms with Crippen molar-refractivity contribution in [1.29, 1.82) is 0 Å². The van der Waals surface area contributed by atoms with Crippen molar-refractivity contribution in [3.8, 4) is 0 Å². The van der Waals surface area contributed by atoms with Crippen molar-refractivity contribution in [2.24, 2.45) is 0 Å². The second-order valence-electron chi connectivity index (χ2n) is 3.53. The predicted octanol–water partition coefficient (Wildman–Crippen LogP) is -1.36. The molecule has 1 saturated heterocycles. The Morgan fingerprint density at radius 1 is 1.38 bits per heavy atom. The van der Waals surface area contributed by atoms with Crippen LogP contribution < -0.4 is 0 Å². The summed E-state index contributed by atoms with van der Waals surface area (Å²) in [6.07, 6.45) is -3.37. The fraction of sp³-hybridized carbons (Fsp3) is 0.800. The van der Waals surface area contributed by atoms with Gasteiger partial charge in [0.1, 0.15) is 24.4 Å². The SMILES string of the molecule is C=CCO[C@H]1O[C@H](CO)[C@@H](OC)[C@H](O)[C@@H]1O. The average Bonchev–Trinajstić information content (AvgIpc) is 2.30. The summed E-state index contributed by atoms with van der Waals surface area (Å²) in [6, 6.07) is 0. The quantitative estimate of drug-likeness (QED) is 0.509. The van der Waals surface area contributed by atoms with Gasteiger partial charge in [0.05, 0.1) is 13.2 Å². The van der Waals surface area contributed by atoms with Crippen LogP contribution in [0.3, 0.4) is 0 Å². The van der Waals surface area contributed by atoms with E-state index in [1.807, 2.05) is 0 Å². The highest BCUT2D eigenvalue weighted by Crippen LogP contribution is 2.23. The summed E-state index contributed by atoms with van der Waals surface area (Å²) in [4.78, 5) is 0. The Bertz CT molecular complexity index is 219. The lowest BCUT2D eigenvalue weighted by atomic mass is 9.99. The molecule has 0 radical (unpaired) electrons. The molecule has 1 rings (SSSR count). The van der Waals surface area contributed by atoms with E-state index in [1.165, 1.54) is 13.2 Å². The van der Waals surface area contributed by atoms with Crippen molar-refractivity contribution in [2.45, 2.75) is 30.7 Å². The summed E-state index contributed by atoms with van der Waals surface area (Å²) in [5, 5.41) is 28.5. The van der Waals surface area contributed by atoms with E-state index < -0.39 is 30.7 Å². The molecule has 0 amide bonds. The molecule has 0 saturated carbocycles. The zero-order valence-electron chi connectivity index (χ0n) is 9.15. The van der Waals surface area contributed by atoms with E-state index in [2.05, 4.69) is 6.58 Å². The summed E-state index contributed by atoms with van der Waals surface area (Å²) < 4.78 is 15.4. The minimum atomic E-state index is -1.22. The molecule has 6 nitrogen and oxygen atoms in total. The second kappa shape index (κ2) is 6.29. The van der Waals surface area contributed by atoms with Gasteiger partial charge in [0.15, 0.2) is 6.29 Å². The molecule has 6 heteroatoms. The molecule has 0 aromatic rings. The van der Waals surface area contributed by atoms with Crippen molar-refractivity contribution >= 4 is 0 Å². The lowest BCUT2D eigenvalue weighted by molar-refractivity contribution is -0.302. The largest absolute Gasteiger partial charge is 0.394 e. The van der Waals surface area contributed by atoms with Crippen LogP contribution >= 0.6 is 0 Å². The van der Waals surface area contributed by atoms with Crippen LogP contribution in [0.25, 0.3) is 0 Å². The minimum absolute atomic E-state index is 0.185. The van der Waals surface area contributed by atoms with Crippen LogP contribution in [0.4, 0.5) is 0 Å². The van der Waals surface area contributed by atoms with Gasteiger partial charge in [-0.3, -0.25) is 0 Å². The Morgan fingerprint density at radius 3 is 2.56 bits per heavy atom. The third-order valence-corrected chi connectivity index (χ3v) is 2.47. The highest BCUT2D eigenvalue weighted by Gasteiger charge is 2.44. The molecule has 0 aromatic heterocycles. The molecular formula is C10H18O6. The van der Waals surface area contributed by atoms with Crippen molar-refractivity contribution < 1.29 is 29.5 Å². The number of hydrogen-bond donors (Lipinski definition) is 3. The number of hydrogen-bond acceptors (Lipinski definition) is 6. The summed E-state index contributed by atoms with van der Waals surface area (Å²) in [6.45, 7) is 3.32. The zero-order valence-corrected chi connectivity index (χ0v) is 9.15. The van der Waals surface area contributed by atoms with Gasteiger partial charge in [-0.1, -0.05) is 6.08 Å². The average molecular weight is 234 g/mol. The van der Waals surface area contributed by atoms with Gasteiger partial charge in [0.2, 0.25) is 0 Å². The van der Waals surface area contributed by atoms with Crippen LogP contribution in [-0.2, 0) is 14.2 Å². The first-order valence-electron chi connectivity index (χ1n) is 5.03. The van der Waals surface area contributed by atoms with Gasteiger partial charge in [0.25, 0.3) is 0 Å². The van der Waals surface area contributed by atoms with Crippen LogP contribution in [0, 0.1) is 0 Å². The molecule has 16 heavy (non-hydrogen) atoms. The van der Waals surface area contributed by atoms with Crippen molar-refractivity contribution in [2.75, 3.05) is 20.3 Å². The summed E-state index contributed by atoms with van der Waals surface area (Å²) in [5.74, 6) is 0. The van der Waals surface area contributed by atoms with Gasteiger partial charge in [-0.25, -0.2) is 0 Å². The topological polar surface area (TPSA) is 88.4 Å². The van der Waals surface area contributed by atoms with Crippen molar-refractivity contribution in [3.63, 3.8) is 0 Å². The molecule has 0 spiro atoms. The van der Waals surface area contributed by atoms with Gasteiger partial charge in [-0.05, 0) is 0 Å². The first-order chi connectivity index (χ1) is 7.65. The molecule has 0 aromatic carbocycles. The zero-order chi connectivity index (χ0) is 12.1. The lowest BCUT2D eigenvalue weighted by Gasteiger charge is -2.41. The van der Waals surface area contributed by atoms with Crippen LogP contribution in [-0.4, -0.2) is 66.3 Å². The van der Waals surface area contributed by atoms with Crippen LogP contribution in [0.5, 0.6) is 0 Å². The summed E-state index contributed by atoms with van der Waals surface area (Å²) >= 11 is 0. The van der Waals surface area contributed by atoms with Crippen LogP contribution in [0.15, 0.2) is 12.7 Å². The summed E-state index contributed by atoms with van der Waals surface area (Å²) in [7, 11) is 1.37. The lowest BCUT2D eigenvalue weighted by Crippen LogP contribution is -2.59. The Hall–Kier alpha value is -0.500. The monoisotopic (exact) mass is 234 g/mol. The number of rotatable bonds is 5. The normalized spacial score (nSPS) is 39.6. The van der Waals surface area contributed by atoms with E-state index >= 15 is 0 Å². The fourth-order valence-corrected chi connectivity index (χ4v) is 1.64.